The van der Waals surface area contributed by atoms with Crippen LogP contribution in [0.3, 0.4) is 0 Å². The summed E-state index contributed by atoms with van der Waals surface area (Å²) in [5.74, 6) is 0. The fraction of sp³-hybridized carbons (Fsp3) is 0. The smallest absolute Gasteiger partial charge is 0.334 e. The van der Waals surface area contributed by atoms with E-state index in [1.54, 1.807) is 0 Å². The van der Waals surface area contributed by atoms with Crippen LogP contribution in [-0.2, 0) is 0 Å². The van der Waals surface area contributed by atoms with Gasteiger partial charge in [0.25, 0.3) is 0 Å². The van der Waals surface area contributed by atoms with Crippen LogP contribution in [0, 0.1) is 0 Å². The topological polar surface area (TPSA) is 8.17 Å². The summed E-state index contributed by atoms with van der Waals surface area (Å²) >= 11 is 1.89. The number of fused-ring (bicyclic) bond motifs is 11. The molecule has 11 rings (SSSR count). The Morgan fingerprint density at radius 2 is 1.18 bits per heavy atom. The fourth-order valence-corrected chi connectivity index (χ4v) is 9.21. The summed E-state index contributed by atoms with van der Waals surface area (Å²) in [6, 6.07) is 49.7. The standard InChI is InChI=1S/C40H23BN2S/c1-2-10-26-20-29(18-16-24(26)8-1)42-35-22-28-12-4-3-11-27(28)21-34(35)41-37-36(42)23-44-40(37)33-15-7-14-31-32-19-17-25-9-5-6-13-30(25)38(32)43(41)39(31)33/h1-23H. The van der Waals surface area contributed by atoms with Gasteiger partial charge in [0.1, 0.15) is 0 Å². The Bertz CT molecular complexity index is 2700. The van der Waals surface area contributed by atoms with Gasteiger partial charge in [-0.05, 0) is 56.1 Å². The highest BCUT2D eigenvalue weighted by atomic mass is 32.1. The molecule has 202 valence electrons. The maximum atomic E-state index is 2.69. The van der Waals surface area contributed by atoms with E-state index < -0.39 is 0 Å². The van der Waals surface area contributed by atoms with Gasteiger partial charge in [-0.2, -0.15) is 0 Å². The van der Waals surface area contributed by atoms with Gasteiger partial charge in [-0.3, -0.25) is 0 Å². The van der Waals surface area contributed by atoms with Gasteiger partial charge in [0.15, 0.2) is 0 Å². The number of hydrogen-bond acceptors (Lipinski definition) is 2. The number of hydrogen-bond donors (Lipinski definition) is 0. The Morgan fingerprint density at radius 1 is 0.500 bits per heavy atom. The number of nitrogens with zero attached hydrogens (tertiary/aromatic N) is 2. The first kappa shape index (κ1) is 23.2. The molecule has 0 saturated heterocycles. The van der Waals surface area contributed by atoms with Crippen LogP contribution >= 0.6 is 11.3 Å². The lowest BCUT2D eigenvalue weighted by Gasteiger charge is -2.38. The summed E-state index contributed by atoms with van der Waals surface area (Å²) in [5.41, 5.74) is 10.5. The number of benzene rings is 7. The lowest BCUT2D eigenvalue weighted by Crippen LogP contribution is -2.55. The Balaban J connectivity index is 1.32. The van der Waals surface area contributed by atoms with Crippen LogP contribution in [0.5, 0.6) is 0 Å². The molecule has 7 aromatic carbocycles. The zero-order valence-corrected chi connectivity index (χ0v) is 24.5. The molecular weight excluding hydrogens is 551 g/mol. The third-order valence-corrected chi connectivity index (χ3v) is 11.0. The van der Waals surface area contributed by atoms with E-state index in [-0.39, 0.29) is 6.85 Å². The van der Waals surface area contributed by atoms with E-state index >= 15 is 0 Å². The summed E-state index contributed by atoms with van der Waals surface area (Å²) in [4.78, 5) is 3.91. The molecule has 4 heterocycles. The third-order valence-electron chi connectivity index (χ3n) is 9.96. The third kappa shape index (κ3) is 2.82. The Labute approximate surface area is 258 Å². The minimum Gasteiger partial charge on any atom is -0.375 e. The molecule has 4 heteroatoms. The van der Waals surface area contributed by atoms with Crippen molar-refractivity contribution in [1.82, 2.24) is 4.48 Å². The summed E-state index contributed by atoms with van der Waals surface area (Å²) in [7, 11) is 0. The monoisotopic (exact) mass is 574 g/mol. The number of aromatic nitrogens is 1. The lowest BCUT2D eigenvalue weighted by atomic mass is 9.46. The maximum absolute atomic E-state index is 2.69. The van der Waals surface area contributed by atoms with Crippen molar-refractivity contribution in [3.05, 3.63) is 139 Å². The van der Waals surface area contributed by atoms with Gasteiger partial charge < -0.3 is 9.38 Å². The molecule has 0 amide bonds. The quantitative estimate of drug-likeness (QED) is 0.177. The highest BCUT2D eigenvalue weighted by molar-refractivity contribution is 7.17. The number of para-hydroxylation sites is 1. The van der Waals surface area contributed by atoms with Crippen LogP contribution in [0.1, 0.15) is 0 Å². The Hall–Kier alpha value is -5.32. The van der Waals surface area contributed by atoms with Gasteiger partial charge in [-0.1, -0.05) is 115 Å². The first-order chi connectivity index (χ1) is 21.8. The van der Waals surface area contributed by atoms with Crippen molar-refractivity contribution >= 4 is 100 Å². The highest BCUT2D eigenvalue weighted by Gasteiger charge is 2.44. The molecule has 0 aliphatic carbocycles. The van der Waals surface area contributed by atoms with Gasteiger partial charge in [-0.25, -0.2) is 0 Å². The molecular formula is C40H23BN2S. The van der Waals surface area contributed by atoms with Crippen molar-refractivity contribution in [2.45, 2.75) is 0 Å². The zero-order valence-electron chi connectivity index (χ0n) is 23.7. The molecule has 0 saturated carbocycles. The molecule has 0 bridgehead atoms. The van der Waals surface area contributed by atoms with E-state index in [1.165, 1.54) is 92.6 Å². The number of rotatable bonds is 1. The molecule has 0 atom stereocenters. The van der Waals surface area contributed by atoms with Crippen molar-refractivity contribution in [3.8, 4) is 10.4 Å². The first-order valence-corrected chi connectivity index (χ1v) is 16.1. The molecule has 0 unspecified atom stereocenters. The largest absolute Gasteiger partial charge is 0.375 e. The second-order valence-corrected chi connectivity index (χ2v) is 13.0. The van der Waals surface area contributed by atoms with E-state index in [2.05, 4.69) is 148 Å². The van der Waals surface area contributed by atoms with Gasteiger partial charge in [0.2, 0.25) is 0 Å². The second kappa shape index (κ2) is 8.19. The molecule has 9 aromatic rings. The average Bonchev–Trinajstić information content (AvgIpc) is 3.67. The van der Waals surface area contributed by atoms with E-state index in [0.29, 0.717) is 0 Å². The minimum atomic E-state index is 0.0725. The molecule has 2 aromatic heterocycles. The molecule has 0 N–H and O–H groups in total. The van der Waals surface area contributed by atoms with Crippen LogP contribution in [-0.4, -0.2) is 11.3 Å². The van der Waals surface area contributed by atoms with Crippen molar-refractivity contribution in [2.75, 3.05) is 4.90 Å². The molecule has 2 nitrogen and oxygen atoms in total. The van der Waals surface area contributed by atoms with Crippen LogP contribution in [0.25, 0.3) is 64.6 Å². The average molecular weight is 575 g/mol. The Morgan fingerprint density at radius 3 is 2.05 bits per heavy atom. The highest BCUT2D eigenvalue weighted by Crippen LogP contribution is 2.49. The van der Waals surface area contributed by atoms with Crippen molar-refractivity contribution < 1.29 is 0 Å². The van der Waals surface area contributed by atoms with Crippen molar-refractivity contribution in [1.29, 1.82) is 0 Å². The maximum Gasteiger partial charge on any atom is 0.334 e. The Kier molecular flexibility index (Phi) is 4.32. The SMILES string of the molecule is c1ccc2cc(N3c4cc5ccccc5cc4B4c5c3csc5-c3cccc5c6ccc7ccccc7c6n4c35)ccc2c1. The molecule has 44 heavy (non-hydrogen) atoms. The first-order valence-electron chi connectivity index (χ1n) is 15.2. The van der Waals surface area contributed by atoms with Crippen molar-refractivity contribution in [2.24, 2.45) is 0 Å². The van der Waals surface area contributed by atoms with Crippen LogP contribution in [0.4, 0.5) is 17.1 Å². The predicted octanol–water partition coefficient (Wildman–Crippen LogP) is 9.73. The van der Waals surface area contributed by atoms with E-state index in [0.717, 1.165) is 0 Å². The summed E-state index contributed by atoms with van der Waals surface area (Å²) in [6.45, 7) is 0.0725. The minimum absolute atomic E-state index is 0.0725. The predicted molar refractivity (Wildman–Crippen MR) is 190 cm³/mol. The van der Waals surface area contributed by atoms with E-state index in [1.807, 2.05) is 11.3 Å². The van der Waals surface area contributed by atoms with E-state index in [9.17, 15) is 0 Å². The van der Waals surface area contributed by atoms with Crippen LogP contribution < -0.4 is 15.8 Å². The lowest BCUT2D eigenvalue weighted by molar-refractivity contribution is 1.28. The zero-order chi connectivity index (χ0) is 28.5. The summed E-state index contributed by atoms with van der Waals surface area (Å²) < 4.78 is 2.69. The summed E-state index contributed by atoms with van der Waals surface area (Å²) in [5, 5.41) is 12.7. The fourth-order valence-electron chi connectivity index (χ4n) is 8.12. The second-order valence-electron chi connectivity index (χ2n) is 12.1. The molecule has 2 aliphatic heterocycles. The van der Waals surface area contributed by atoms with Crippen LogP contribution in [0.2, 0.25) is 0 Å². The molecule has 2 aliphatic rings. The van der Waals surface area contributed by atoms with Gasteiger partial charge >= 0.3 is 6.85 Å². The molecule has 0 spiro atoms. The number of thiophene rings is 1. The van der Waals surface area contributed by atoms with E-state index in [4.69, 9.17) is 0 Å². The van der Waals surface area contributed by atoms with Gasteiger partial charge in [0, 0.05) is 54.4 Å². The van der Waals surface area contributed by atoms with Crippen molar-refractivity contribution in [3.63, 3.8) is 0 Å². The van der Waals surface area contributed by atoms with Gasteiger partial charge in [-0.15, -0.1) is 11.3 Å². The normalized spacial score (nSPS) is 13.4. The van der Waals surface area contributed by atoms with Crippen LogP contribution in [0.15, 0.2) is 139 Å². The number of anilines is 3. The molecule has 0 fully saturated rings. The molecule has 0 radical (unpaired) electrons. The summed E-state index contributed by atoms with van der Waals surface area (Å²) in [6.07, 6.45) is 0. The van der Waals surface area contributed by atoms with Gasteiger partial charge in [0.05, 0.1) is 5.69 Å².